The lowest BCUT2D eigenvalue weighted by Gasteiger charge is -2.20. The lowest BCUT2D eigenvalue weighted by atomic mass is 9.83. The lowest BCUT2D eigenvalue weighted by molar-refractivity contribution is 0.680. The highest BCUT2D eigenvalue weighted by atomic mass is 14.7. The van der Waals surface area contributed by atoms with Gasteiger partial charge in [0.25, 0.3) is 0 Å². The Labute approximate surface area is 167 Å². The van der Waals surface area contributed by atoms with E-state index in [0.717, 1.165) is 6.42 Å². The summed E-state index contributed by atoms with van der Waals surface area (Å²) >= 11 is 0. The van der Waals surface area contributed by atoms with E-state index in [9.17, 15) is 0 Å². The molecule has 0 spiro atoms. The zero-order chi connectivity index (χ0) is 19.7. The molecule has 0 aliphatic rings. The third-order valence-electron chi connectivity index (χ3n) is 5.53. The number of para-hydroxylation sites is 2. The molecule has 0 aliphatic heterocycles. The smallest absolute Gasteiger partial charge is 0.0527 e. The number of fused-ring (bicyclic) bond motifs is 2. The normalized spacial score (nSPS) is 12.3. The summed E-state index contributed by atoms with van der Waals surface area (Å²) < 4.78 is 0. The van der Waals surface area contributed by atoms with Crippen LogP contribution in [0.15, 0.2) is 72.6 Å². The fraction of sp³-hybridized carbons (Fsp3) is 0.231. The van der Waals surface area contributed by atoms with Gasteiger partial charge >= 0.3 is 0 Å². The molecule has 2 heterocycles. The zero-order valence-corrected chi connectivity index (χ0v) is 17.1. The van der Waals surface area contributed by atoms with Crippen molar-refractivity contribution < 1.29 is 0 Å². The maximum Gasteiger partial charge on any atom is 0.0527 e. The predicted octanol–water partition coefficient (Wildman–Crippen LogP) is 7.15. The van der Waals surface area contributed by atoms with Gasteiger partial charge in [-0.1, -0.05) is 74.0 Å². The topological polar surface area (TPSA) is 31.6 Å². The first kappa shape index (κ1) is 18.4. The van der Waals surface area contributed by atoms with E-state index in [4.69, 9.17) is 0 Å². The second kappa shape index (κ2) is 7.20. The van der Waals surface area contributed by atoms with Crippen LogP contribution in [-0.2, 0) is 11.8 Å². The van der Waals surface area contributed by atoms with Crippen LogP contribution in [0.4, 0.5) is 0 Å². The van der Waals surface area contributed by atoms with Crippen LogP contribution in [0.2, 0.25) is 0 Å². The van der Waals surface area contributed by atoms with Gasteiger partial charge in [-0.05, 0) is 48.4 Å². The molecule has 2 nitrogen and oxygen atoms in total. The molecule has 4 rings (SSSR count). The molecule has 28 heavy (non-hydrogen) atoms. The maximum absolute atomic E-state index is 3.54. The molecule has 0 fully saturated rings. The van der Waals surface area contributed by atoms with Gasteiger partial charge in [0.05, 0.1) is 5.52 Å². The van der Waals surface area contributed by atoms with Gasteiger partial charge in [0, 0.05) is 28.7 Å². The van der Waals surface area contributed by atoms with Crippen LogP contribution >= 0.6 is 0 Å². The summed E-state index contributed by atoms with van der Waals surface area (Å²) in [5.41, 5.74) is 7.62. The number of hydrogen-bond acceptors (Lipinski definition) is 0. The molecule has 0 atom stereocenters. The predicted molar refractivity (Wildman–Crippen MR) is 122 cm³/mol. The summed E-state index contributed by atoms with van der Waals surface area (Å²) in [4.78, 5) is 6.90. The first-order valence-electron chi connectivity index (χ1n) is 9.94. The van der Waals surface area contributed by atoms with Crippen molar-refractivity contribution in [2.24, 2.45) is 0 Å². The third-order valence-corrected chi connectivity index (χ3v) is 5.53. The Kier molecular flexibility index (Phi) is 4.72. The van der Waals surface area contributed by atoms with Crippen LogP contribution in [0.1, 0.15) is 44.4 Å². The van der Waals surface area contributed by atoms with Gasteiger partial charge in [-0.15, -0.1) is 0 Å². The summed E-state index contributed by atoms with van der Waals surface area (Å²) in [5, 5.41) is 2.56. The molecule has 4 aromatic rings. The van der Waals surface area contributed by atoms with E-state index in [1.54, 1.807) is 0 Å². The lowest BCUT2D eigenvalue weighted by Crippen LogP contribution is -2.12. The highest BCUT2D eigenvalue weighted by Gasteiger charge is 2.21. The molecular weight excluding hydrogens is 340 g/mol. The largest absolute Gasteiger partial charge is 0.361 e. The van der Waals surface area contributed by atoms with E-state index in [1.807, 2.05) is 6.20 Å². The van der Waals surface area contributed by atoms with Gasteiger partial charge in [-0.25, -0.2) is 0 Å². The van der Waals surface area contributed by atoms with Gasteiger partial charge in [0.2, 0.25) is 0 Å². The summed E-state index contributed by atoms with van der Waals surface area (Å²) in [7, 11) is 0. The van der Waals surface area contributed by atoms with Crippen LogP contribution < -0.4 is 0 Å². The van der Waals surface area contributed by atoms with Gasteiger partial charge < -0.3 is 9.97 Å². The van der Waals surface area contributed by atoms with Crippen LogP contribution in [0.3, 0.4) is 0 Å². The third kappa shape index (κ3) is 3.43. The molecule has 2 aromatic carbocycles. The van der Waals surface area contributed by atoms with Crippen LogP contribution in [-0.4, -0.2) is 9.97 Å². The molecule has 0 bridgehead atoms. The van der Waals surface area contributed by atoms with Crippen molar-refractivity contribution in [2.45, 2.75) is 39.5 Å². The average Bonchev–Trinajstić information content (AvgIpc) is 3.32. The second-order valence-corrected chi connectivity index (χ2v) is 8.37. The molecule has 0 saturated carbocycles. The van der Waals surface area contributed by atoms with E-state index < -0.39 is 0 Å². The molecule has 2 aromatic heterocycles. The Morgan fingerprint density at radius 2 is 1.79 bits per heavy atom. The molecule has 142 valence electrons. The van der Waals surface area contributed by atoms with Crippen molar-refractivity contribution in [2.75, 3.05) is 0 Å². The number of hydrogen-bond donors (Lipinski definition) is 2. The average molecular weight is 369 g/mol. The molecule has 0 amide bonds. The van der Waals surface area contributed by atoms with Gasteiger partial charge in [-0.2, -0.15) is 0 Å². The van der Waals surface area contributed by atoms with Crippen molar-refractivity contribution in [1.29, 1.82) is 0 Å². The number of allylic oxidation sites excluding steroid dienone is 3. The van der Waals surface area contributed by atoms with Crippen LogP contribution in [0, 0.1) is 0 Å². The van der Waals surface area contributed by atoms with E-state index in [0.29, 0.717) is 0 Å². The number of aromatic amines is 2. The fourth-order valence-corrected chi connectivity index (χ4v) is 3.87. The number of rotatable bonds is 5. The summed E-state index contributed by atoms with van der Waals surface area (Å²) in [6.07, 6.45) is 12.0. The van der Waals surface area contributed by atoms with E-state index >= 15 is 0 Å². The number of nitrogens with one attached hydrogen (secondary N) is 2. The Morgan fingerprint density at radius 3 is 2.61 bits per heavy atom. The fourth-order valence-electron chi connectivity index (χ4n) is 3.87. The van der Waals surface area contributed by atoms with Crippen molar-refractivity contribution in [3.8, 4) is 0 Å². The molecule has 0 radical (unpaired) electrons. The minimum atomic E-state index is -0.0812. The Bertz CT molecular complexity index is 1180. The van der Waals surface area contributed by atoms with E-state index in [-0.39, 0.29) is 5.41 Å². The molecule has 0 saturated heterocycles. The quantitative estimate of drug-likeness (QED) is 0.351. The minimum Gasteiger partial charge on any atom is -0.361 e. The van der Waals surface area contributed by atoms with E-state index in [1.165, 1.54) is 44.1 Å². The minimum absolute atomic E-state index is 0.0812. The summed E-state index contributed by atoms with van der Waals surface area (Å²) in [6.45, 7) is 8.87. The Hall–Kier alpha value is -3.00. The standard InChI is InChI=1S/C26H28N2/c1-18(2)11-12-19-9-6-10-22-23(17-28-25(19)22)26(3,4)15-13-20-7-5-8-21-14-16-27-24(20)21/h5-11,13-17,27-28H,12H2,1-4H3/b15-13+. The van der Waals surface area contributed by atoms with Crippen molar-refractivity contribution in [3.63, 3.8) is 0 Å². The molecule has 2 heteroatoms. The van der Waals surface area contributed by atoms with Crippen molar-refractivity contribution in [1.82, 2.24) is 9.97 Å². The molecule has 0 unspecified atom stereocenters. The number of benzene rings is 2. The maximum atomic E-state index is 3.54. The highest BCUT2D eigenvalue weighted by Crippen LogP contribution is 2.34. The van der Waals surface area contributed by atoms with Crippen LogP contribution in [0.5, 0.6) is 0 Å². The summed E-state index contributed by atoms with van der Waals surface area (Å²) in [5.74, 6) is 0. The molecule has 2 N–H and O–H groups in total. The van der Waals surface area contributed by atoms with Gasteiger partial charge in [0.15, 0.2) is 0 Å². The van der Waals surface area contributed by atoms with Gasteiger partial charge in [0.1, 0.15) is 0 Å². The SMILES string of the molecule is CC(C)=CCc1cccc2c(C(C)(C)/C=C/c3cccc4cc[nH]c34)c[nH]c12. The summed E-state index contributed by atoms with van der Waals surface area (Å²) in [6, 6.07) is 15.2. The second-order valence-electron chi connectivity index (χ2n) is 8.37. The first-order valence-corrected chi connectivity index (χ1v) is 9.94. The molecule has 0 aliphatic carbocycles. The first-order chi connectivity index (χ1) is 13.5. The highest BCUT2D eigenvalue weighted by molar-refractivity contribution is 5.89. The molecular formula is C26H28N2. The Balaban J connectivity index is 1.71. The monoisotopic (exact) mass is 368 g/mol. The number of aromatic nitrogens is 2. The van der Waals surface area contributed by atoms with E-state index in [2.05, 4.69) is 105 Å². The van der Waals surface area contributed by atoms with Crippen molar-refractivity contribution in [3.05, 3.63) is 89.3 Å². The van der Waals surface area contributed by atoms with Crippen molar-refractivity contribution >= 4 is 27.9 Å². The zero-order valence-electron chi connectivity index (χ0n) is 17.1. The van der Waals surface area contributed by atoms with Crippen LogP contribution in [0.25, 0.3) is 27.9 Å². The number of H-pyrrole nitrogens is 2. The van der Waals surface area contributed by atoms with Gasteiger partial charge in [-0.3, -0.25) is 0 Å². The Morgan fingerprint density at radius 1 is 0.964 bits per heavy atom.